The van der Waals surface area contributed by atoms with E-state index in [9.17, 15) is 4.79 Å². The van der Waals surface area contributed by atoms with Gasteiger partial charge < -0.3 is 5.11 Å². The summed E-state index contributed by atoms with van der Waals surface area (Å²) in [6.45, 7) is 1.85. The highest BCUT2D eigenvalue weighted by Crippen LogP contribution is 2.28. The van der Waals surface area contributed by atoms with Crippen molar-refractivity contribution in [1.82, 2.24) is 4.98 Å². The molecule has 1 N–H and O–H groups in total. The molecule has 0 amide bonds. The fourth-order valence-corrected chi connectivity index (χ4v) is 3.33. The number of aliphatic carboxylic acids is 1. The minimum Gasteiger partial charge on any atom is -0.481 e. The van der Waals surface area contributed by atoms with Gasteiger partial charge in [0.1, 0.15) is 4.34 Å². The molecule has 0 aliphatic carbocycles. The second-order valence-electron chi connectivity index (χ2n) is 3.22. The van der Waals surface area contributed by atoms with Crippen LogP contribution in [0.3, 0.4) is 0 Å². The van der Waals surface area contributed by atoms with E-state index in [4.69, 9.17) is 11.5 Å². The molecule has 16 heavy (non-hydrogen) atoms. The van der Waals surface area contributed by atoms with Gasteiger partial charge in [-0.3, -0.25) is 4.79 Å². The van der Waals surface area contributed by atoms with Crippen LogP contribution in [0.4, 0.5) is 0 Å². The molecule has 1 rings (SSSR count). The number of terminal acetylenes is 1. The highest BCUT2D eigenvalue weighted by molar-refractivity contribution is 8.01. The molecule has 0 aliphatic rings. The number of thiazole rings is 1. The normalized spacial score (nSPS) is 10.0. The molecule has 0 saturated heterocycles. The molecule has 0 unspecified atom stereocenters. The molecule has 3 nitrogen and oxygen atoms in total. The molecular weight excluding hydrogens is 242 g/mol. The van der Waals surface area contributed by atoms with E-state index in [1.54, 1.807) is 11.8 Å². The number of carboxylic acid groups (broad SMARTS) is 1. The van der Waals surface area contributed by atoms with Gasteiger partial charge in [0.25, 0.3) is 0 Å². The van der Waals surface area contributed by atoms with Gasteiger partial charge in [-0.1, -0.05) is 11.8 Å². The Kier molecular flexibility index (Phi) is 5.36. The smallest absolute Gasteiger partial charge is 0.308 e. The zero-order valence-corrected chi connectivity index (χ0v) is 10.7. The first kappa shape index (κ1) is 13.1. The topological polar surface area (TPSA) is 50.2 Å². The van der Waals surface area contributed by atoms with Crippen molar-refractivity contribution in [2.24, 2.45) is 0 Å². The van der Waals surface area contributed by atoms with E-state index >= 15 is 0 Å². The molecule has 1 heterocycles. The van der Waals surface area contributed by atoms with Gasteiger partial charge >= 0.3 is 5.97 Å². The highest BCUT2D eigenvalue weighted by Gasteiger charge is 2.10. The Morgan fingerprint density at radius 2 is 2.44 bits per heavy atom. The number of hydrogen-bond donors (Lipinski definition) is 1. The summed E-state index contributed by atoms with van der Waals surface area (Å²) in [5.41, 5.74) is 0.826. The predicted octanol–water partition coefficient (Wildman–Crippen LogP) is 2.58. The lowest BCUT2D eigenvalue weighted by molar-refractivity contribution is -0.136. The maximum atomic E-state index is 10.6. The van der Waals surface area contributed by atoms with Crippen LogP contribution in [0.1, 0.15) is 23.4 Å². The van der Waals surface area contributed by atoms with Crippen LogP contribution in [-0.4, -0.2) is 21.8 Å². The van der Waals surface area contributed by atoms with Crippen molar-refractivity contribution < 1.29 is 9.90 Å². The van der Waals surface area contributed by atoms with Crippen LogP contribution in [0.15, 0.2) is 4.34 Å². The fraction of sp³-hybridized carbons (Fsp3) is 0.455. The second kappa shape index (κ2) is 6.56. The van der Waals surface area contributed by atoms with E-state index in [0.717, 1.165) is 33.5 Å². The first-order valence-corrected chi connectivity index (χ1v) is 6.68. The summed E-state index contributed by atoms with van der Waals surface area (Å²) in [4.78, 5) is 15.7. The number of carbonyl (C=O) groups is 1. The highest BCUT2D eigenvalue weighted by atomic mass is 32.2. The SMILES string of the molecule is C#CCCCSc1nc(C)c(CC(=O)O)s1. The summed E-state index contributed by atoms with van der Waals surface area (Å²) in [5.74, 6) is 2.71. The number of nitrogens with zero attached hydrogens (tertiary/aromatic N) is 1. The molecule has 5 heteroatoms. The van der Waals surface area contributed by atoms with Crippen molar-refractivity contribution in [3.05, 3.63) is 10.6 Å². The summed E-state index contributed by atoms with van der Waals surface area (Å²) in [6, 6.07) is 0. The van der Waals surface area contributed by atoms with Crippen LogP contribution >= 0.6 is 23.1 Å². The Bertz CT molecular complexity index is 407. The standard InChI is InChI=1S/C11H13NO2S2/c1-3-4-5-6-15-11-12-8(2)9(16-11)7-10(13)14/h1H,4-7H2,2H3,(H,13,14). The second-order valence-corrected chi connectivity index (χ2v) is 5.64. The molecule has 0 spiro atoms. The lowest BCUT2D eigenvalue weighted by Crippen LogP contribution is -1.99. The third kappa shape index (κ3) is 4.25. The van der Waals surface area contributed by atoms with Gasteiger partial charge in [-0.25, -0.2) is 4.98 Å². The van der Waals surface area contributed by atoms with Gasteiger partial charge in [0.2, 0.25) is 0 Å². The summed E-state index contributed by atoms with van der Waals surface area (Å²) in [6.07, 6.45) is 6.96. The molecule has 0 saturated carbocycles. The Morgan fingerprint density at radius 3 is 3.06 bits per heavy atom. The average Bonchev–Trinajstić information content (AvgIpc) is 2.54. The van der Waals surface area contributed by atoms with Gasteiger partial charge in [-0.15, -0.1) is 23.7 Å². The van der Waals surface area contributed by atoms with Crippen molar-refractivity contribution in [3.63, 3.8) is 0 Å². The minimum atomic E-state index is -0.810. The van der Waals surface area contributed by atoms with Crippen LogP contribution in [0.2, 0.25) is 0 Å². The molecule has 0 radical (unpaired) electrons. The number of thioether (sulfide) groups is 1. The summed E-state index contributed by atoms with van der Waals surface area (Å²) in [7, 11) is 0. The monoisotopic (exact) mass is 255 g/mol. The maximum Gasteiger partial charge on any atom is 0.308 e. The van der Waals surface area contributed by atoms with E-state index in [0.29, 0.717) is 0 Å². The Morgan fingerprint density at radius 1 is 1.69 bits per heavy atom. The van der Waals surface area contributed by atoms with E-state index in [2.05, 4.69) is 10.9 Å². The van der Waals surface area contributed by atoms with E-state index in [1.807, 2.05) is 6.92 Å². The number of rotatable bonds is 6. The van der Waals surface area contributed by atoms with Gasteiger partial charge in [0, 0.05) is 17.1 Å². The summed E-state index contributed by atoms with van der Waals surface area (Å²) >= 11 is 3.11. The molecule has 1 aromatic rings. The molecule has 1 aromatic heterocycles. The van der Waals surface area contributed by atoms with Crippen molar-refractivity contribution in [2.45, 2.75) is 30.5 Å². The van der Waals surface area contributed by atoms with Crippen LogP contribution in [0, 0.1) is 19.3 Å². The van der Waals surface area contributed by atoms with Crippen LogP contribution in [0.25, 0.3) is 0 Å². The minimum absolute atomic E-state index is 0.0639. The zero-order chi connectivity index (χ0) is 12.0. The Labute approximate surface area is 103 Å². The number of unbranched alkanes of at least 4 members (excludes halogenated alkanes) is 1. The van der Waals surface area contributed by atoms with Gasteiger partial charge in [0.15, 0.2) is 0 Å². The van der Waals surface area contributed by atoms with Crippen molar-refractivity contribution in [1.29, 1.82) is 0 Å². The zero-order valence-electron chi connectivity index (χ0n) is 9.02. The molecule has 0 aliphatic heterocycles. The quantitative estimate of drug-likeness (QED) is 0.482. The van der Waals surface area contributed by atoms with Crippen molar-refractivity contribution >= 4 is 29.1 Å². The lowest BCUT2D eigenvalue weighted by Gasteiger charge is -1.93. The Hall–Kier alpha value is -0.990. The number of aromatic nitrogens is 1. The average molecular weight is 255 g/mol. The fourth-order valence-electron chi connectivity index (χ4n) is 1.10. The predicted molar refractivity (Wildman–Crippen MR) is 67.0 cm³/mol. The molecule has 0 bridgehead atoms. The van der Waals surface area contributed by atoms with Gasteiger partial charge in [0.05, 0.1) is 12.1 Å². The third-order valence-corrected chi connectivity index (χ3v) is 4.26. The number of carboxylic acids is 1. The van der Waals surface area contributed by atoms with Crippen LogP contribution < -0.4 is 0 Å². The number of hydrogen-bond acceptors (Lipinski definition) is 4. The molecule has 0 fully saturated rings. The molecule has 86 valence electrons. The number of aryl methyl sites for hydroxylation is 1. The van der Waals surface area contributed by atoms with Crippen LogP contribution in [0.5, 0.6) is 0 Å². The van der Waals surface area contributed by atoms with Crippen molar-refractivity contribution in [2.75, 3.05) is 5.75 Å². The summed E-state index contributed by atoms with van der Waals surface area (Å²) < 4.78 is 0.936. The summed E-state index contributed by atoms with van der Waals surface area (Å²) in [5, 5.41) is 8.70. The van der Waals surface area contributed by atoms with E-state index < -0.39 is 5.97 Å². The first-order chi connectivity index (χ1) is 7.63. The largest absolute Gasteiger partial charge is 0.481 e. The van der Waals surface area contributed by atoms with Crippen LogP contribution in [-0.2, 0) is 11.2 Å². The molecule has 0 atom stereocenters. The first-order valence-electron chi connectivity index (χ1n) is 4.88. The van der Waals surface area contributed by atoms with Gasteiger partial charge in [-0.05, 0) is 13.3 Å². The Balaban J connectivity index is 2.49. The van der Waals surface area contributed by atoms with Crippen molar-refractivity contribution in [3.8, 4) is 12.3 Å². The lowest BCUT2D eigenvalue weighted by atomic mass is 10.3. The van der Waals surface area contributed by atoms with Gasteiger partial charge in [-0.2, -0.15) is 0 Å². The third-order valence-electron chi connectivity index (χ3n) is 1.88. The van der Waals surface area contributed by atoms with E-state index in [1.165, 1.54) is 11.3 Å². The van der Waals surface area contributed by atoms with E-state index in [-0.39, 0.29) is 6.42 Å². The maximum absolute atomic E-state index is 10.6. The molecular formula is C11H13NO2S2. The molecule has 0 aromatic carbocycles.